The van der Waals surface area contributed by atoms with Crippen LogP contribution in [-0.4, -0.2) is 43.2 Å². The number of nitrogens with zero attached hydrogens (tertiary/aromatic N) is 6. The Morgan fingerprint density at radius 2 is 2.07 bits per heavy atom. The third kappa shape index (κ3) is 3.68. The van der Waals surface area contributed by atoms with Crippen LogP contribution in [0.5, 0.6) is 0 Å². The smallest absolute Gasteiger partial charge is 0.270 e. The molecule has 1 aromatic carbocycles. The number of non-ortho nitro benzene ring substituents is 1. The molecule has 0 aliphatic carbocycles. The van der Waals surface area contributed by atoms with Gasteiger partial charge in [0.2, 0.25) is 0 Å². The number of aromatic amines is 1. The van der Waals surface area contributed by atoms with Crippen molar-refractivity contribution >= 4 is 11.5 Å². The minimum Gasteiger partial charge on any atom is -0.356 e. The van der Waals surface area contributed by atoms with Gasteiger partial charge in [-0.15, -0.1) is 0 Å². The summed E-state index contributed by atoms with van der Waals surface area (Å²) in [6, 6.07) is 8.37. The van der Waals surface area contributed by atoms with E-state index in [9.17, 15) is 10.1 Å². The lowest BCUT2D eigenvalue weighted by Crippen LogP contribution is -2.35. The van der Waals surface area contributed by atoms with E-state index in [1.807, 2.05) is 19.9 Å². The molecule has 1 N–H and O–H groups in total. The van der Waals surface area contributed by atoms with E-state index in [1.54, 1.807) is 12.1 Å². The van der Waals surface area contributed by atoms with Crippen molar-refractivity contribution < 1.29 is 4.92 Å². The van der Waals surface area contributed by atoms with Gasteiger partial charge in [-0.05, 0) is 26.7 Å². The van der Waals surface area contributed by atoms with E-state index in [-0.39, 0.29) is 11.6 Å². The number of hydrogen-bond donors (Lipinski definition) is 1. The first kappa shape index (κ1) is 18.0. The molecular weight excluding hydrogens is 358 g/mol. The summed E-state index contributed by atoms with van der Waals surface area (Å²) < 4.78 is 0. The lowest BCUT2D eigenvalue weighted by atomic mass is 9.97. The first-order valence-electron chi connectivity index (χ1n) is 9.24. The van der Waals surface area contributed by atoms with Gasteiger partial charge >= 0.3 is 0 Å². The summed E-state index contributed by atoms with van der Waals surface area (Å²) in [7, 11) is 0. The molecule has 0 saturated carbocycles. The zero-order valence-corrected chi connectivity index (χ0v) is 15.8. The zero-order valence-electron chi connectivity index (χ0n) is 15.8. The fourth-order valence-corrected chi connectivity index (χ4v) is 3.54. The summed E-state index contributed by atoms with van der Waals surface area (Å²) in [5.41, 5.74) is 1.49. The van der Waals surface area contributed by atoms with Crippen molar-refractivity contribution in [1.82, 2.24) is 25.1 Å². The highest BCUT2D eigenvalue weighted by Gasteiger charge is 2.25. The van der Waals surface area contributed by atoms with Crippen LogP contribution in [0, 0.1) is 24.0 Å². The molecule has 1 unspecified atom stereocenters. The van der Waals surface area contributed by atoms with Crippen LogP contribution >= 0.6 is 0 Å². The van der Waals surface area contributed by atoms with Crippen molar-refractivity contribution in [3.63, 3.8) is 0 Å². The van der Waals surface area contributed by atoms with E-state index in [2.05, 4.69) is 25.1 Å². The number of nitro benzene ring substituents is 1. The highest BCUT2D eigenvalue weighted by atomic mass is 16.6. The number of hydrogen-bond acceptors (Lipinski definition) is 7. The number of aryl methyl sites for hydroxylation is 2. The molecule has 1 fully saturated rings. The van der Waals surface area contributed by atoms with Gasteiger partial charge in [0.25, 0.3) is 5.69 Å². The van der Waals surface area contributed by atoms with Crippen molar-refractivity contribution in [3.8, 4) is 11.4 Å². The average molecular weight is 379 g/mol. The highest BCUT2D eigenvalue weighted by molar-refractivity contribution is 5.61. The van der Waals surface area contributed by atoms with E-state index >= 15 is 0 Å². The molecule has 0 spiro atoms. The maximum absolute atomic E-state index is 11.1. The van der Waals surface area contributed by atoms with Gasteiger partial charge in [0.05, 0.1) is 4.92 Å². The molecule has 0 amide bonds. The van der Waals surface area contributed by atoms with Gasteiger partial charge in [-0.1, -0.05) is 12.1 Å². The van der Waals surface area contributed by atoms with Crippen molar-refractivity contribution in [2.75, 3.05) is 18.0 Å². The van der Waals surface area contributed by atoms with Gasteiger partial charge in [0.1, 0.15) is 11.6 Å². The van der Waals surface area contributed by atoms with Crippen LogP contribution in [0.15, 0.2) is 30.3 Å². The highest BCUT2D eigenvalue weighted by Crippen LogP contribution is 2.29. The Balaban J connectivity index is 1.63. The summed E-state index contributed by atoms with van der Waals surface area (Å²) in [6.45, 7) is 5.48. The Labute approximate surface area is 162 Å². The lowest BCUT2D eigenvalue weighted by Gasteiger charge is -2.32. The van der Waals surface area contributed by atoms with Crippen LogP contribution in [0.4, 0.5) is 11.5 Å². The van der Waals surface area contributed by atoms with Crippen LogP contribution in [0.25, 0.3) is 11.4 Å². The molecule has 1 aliphatic rings. The van der Waals surface area contributed by atoms with Gasteiger partial charge in [-0.3, -0.25) is 15.2 Å². The Morgan fingerprint density at radius 1 is 1.21 bits per heavy atom. The van der Waals surface area contributed by atoms with Crippen molar-refractivity contribution in [1.29, 1.82) is 0 Å². The van der Waals surface area contributed by atoms with E-state index < -0.39 is 4.92 Å². The predicted molar refractivity (Wildman–Crippen MR) is 104 cm³/mol. The van der Waals surface area contributed by atoms with Crippen LogP contribution in [0.3, 0.4) is 0 Å². The number of piperidine rings is 1. The van der Waals surface area contributed by atoms with Crippen molar-refractivity contribution in [2.24, 2.45) is 0 Å². The fraction of sp³-hybridized carbons (Fsp3) is 0.368. The number of benzene rings is 1. The molecule has 0 bridgehead atoms. The molecule has 9 nitrogen and oxygen atoms in total. The first-order valence-corrected chi connectivity index (χ1v) is 9.24. The van der Waals surface area contributed by atoms with Gasteiger partial charge < -0.3 is 4.90 Å². The standard InChI is InChI=1S/C19H21N7O2/c1-12-9-17(22-18(20-12)14-5-3-7-16(10-14)26(27)28)25-8-4-6-15(11-25)19-21-13(2)23-24-19/h3,5,7,9-10,15H,4,6,8,11H2,1-2H3,(H,21,23,24). The van der Waals surface area contributed by atoms with E-state index in [1.165, 1.54) is 12.1 Å². The molecule has 9 heteroatoms. The third-order valence-electron chi connectivity index (χ3n) is 4.88. The Bertz CT molecular complexity index is 1020. The monoisotopic (exact) mass is 379 g/mol. The number of nitrogens with one attached hydrogen (secondary N) is 1. The summed E-state index contributed by atoms with van der Waals surface area (Å²) in [6.07, 6.45) is 2.06. The summed E-state index contributed by atoms with van der Waals surface area (Å²) in [5, 5.41) is 18.3. The third-order valence-corrected chi connectivity index (χ3v) is 4.88. The number of nitro groups is 1. The van der Waals surface area contributed by atoms with Gasteiger partial charge in [0.15, 0.2) is 11.6 Å². The molecule has 2 aromatic heterocycles. The maximum Gasteiger partial charge on any atom is 0.270 e. The van der Waals surface area contributed by atoms with Crippen LogP contribution in [-0.2, 0) is 0 Å². The van der Waals surface area contributed by atoms with Crippen LogP contribution in [0.2, 0.25) is 0 Å². The van der Waals surface area contributed by atoms with Crippen molar-refractivity contribution in [3.05, 3.63) is 57.8 Å². The van der Waals surface area contributed by atoms with E-state index in [4.69, 9.17) is 4.98 Å². The van der Waals surface area contributed by atoms with E-state index in [0.717, 1.165) is 49.1 Å². The molecule has 1 aliphatic heterocycles. The topological polar surface area (TPSA) is 114 Å². The molecule has 28 heavy (non-hydrogen) atoms. The van der Waals surface area contributed by atoms with Gasteiger partial charge in [-0.25, -0.2) is 15.0 Å². The molecule has 3 heterocycles. The second-order valence-electron chi connectivity index (χ2n) is 7.06. The quantitative estimate of drug-likeness (QED) is 0.547. The van der Waals surface area contributed by atoms with Crippen molar-refractivity contribution in [2.45, 2.75) is 32.6 Å². The molecule has 144 valence electrons. The Kier molecular flexibility index (Phi) is 4.72. The molecule has 1 atom stereocenters. The summed E-state index contributed by atoms with van der Waals surface area (Å²) >= 11 is 0. The van der Waals surface area contributed by atoms with E-state index in [0.29, 0.717) is 11.4 Å². The Hall–Kier alpha value is -3.36. The zero-order chi connectivity index (χ0) is 19.7. The lowest BCUT2D eigenvalue weighted by molar-refractivity contribution is -0.384. The minimum absolute atomic E-state index is 0.0298. The molecule has 3 aromatic rings. The molecular formula is C19H21N7O2. The number of H-pyrrole nitrogens is 1. The summed E-state index contributed by atoms with van der Waals surface area (Å²) in [5.74, 6) is 3.22. The SMILES string of the molecule is Cc1cc(N2CCCC(c3n[nH]c(C)n3)C2)nc(-c2cccc([N+](=O)[O-])c2)n1. The first-order chi connectivity index (χ1) is 13.5. The average Bonchev–Trinajstić information content (AvgIpc) is 3.14. The largest absolute Gasteiger partial charge is 0.356 e. The van der Waals surface area contributed by atoms with Crippen LogP contribution < -0.4 is 4.90 Å². The normalized spacial score (nSPS) is 16.9. The van der Waals surface area contributed by atoms with Crippen LogP contribution in [0.1, 0.15) is 36.1 Å². The number of rotatable bonds is 4. The predicted octanol–water partition coefficient (Wildman–Crippen LogP) is 3.17. The maximum atomic E-state index is 11.1. The number of aromatic nitrogens is 5. The van der Waals surface area contributed by atoms with Gasteiger partial charge in [-0.2, -0.15) is 5.10 Å². The second kappa shape index (κ2) is 7.34. The fourth-order valence-electron chi connectivity index (χ4n) is 3.54. The van der Waals surface area contributed by atoms with Gasteiger partial charge in [0, 0.05) is 48.5 Å². The molecule has 1 saturated heterocycles. The minimum atomic E-state index is -0.408. The Morgan fingerprint density at radius 3 is 2.82 bits per heavy atom. The molecule has 0 radical (unpaired) electrons. The summed E-state index contributed by atoms with van der Waals surface area (Å²) in [4.78, 5) is 26.6. The number of anilines is 1. The molecule has 4 rings (SSSR count). The second-order valence-corrected chi connectivity index (χ2v) is 7.06.